The van der Waals surface area contributed by atoms with Crippen LogP contribution < -0.4 is 5.32 Å². The number of aliphatic hydroxyl groups excluding tert-OH is 1. The number of anilines is 1. The third-order valence-electron chi connectivity index (χ3n) is 3.27. The predicted octanol–water partition coefficient (Wildman–Crippen LogP) is 2.89. The Kier molecular flexibility index (Phi) is 4.17. The van der Waals surface area contributed by atoms with Crippen LogP contribution in [0.5, 0.6) is 0 Å². The molecule has 0 spiro atoms. The van der Waals surface area contributed by atoms with Gasteiger partial charge in [0, 0.05) is 29.2 Å². The molecule has 0 amide bonds. The normalized spacial score (nSPS) is 12.7. The number of hydrogen-bond donors (Lipinski definition) is 2. The first-order valence-corrected chi connectivity index (χ1v) is 7.95. The molecule has 0 fully saturated rings. The molecule has 3 rings (SSSR count). The van der Waals surface area contributed by atoms with Gasteiger partial charge in [-0.3, -0.25) is 0 Å². The standard InChI is InChI=1S/C15H18N4OS/c1-2-4-11-9-15(19-14(18-11)6-7-17-19)16-10-12(20)13-5-3-8-21-13/h3,5-9,12,16,20H,2,4,10H2,1H3/t12-/m0/s1. The first kappa shape index (κ1) is 14.0. The van der Waals surface area contributed by atoms with Gasteiger partial charge >= 0.3 is 0 Å². The molecule has 0 aliphatic heterocycles. The van der Waals surface area contributed by atoms with Crippen LogP contribution in [0.1, 0.15) is 30.0 Å². The molecule has 5 nitrogen and oxygen atoms in total. The molecule has 0 saturated heterocycles. The number of nitrogens with zero attached hydrogens (tertiary/aromatic N) is 3. The molecule has 2 N–H and O–H groups in total. The van der Waals surface area contributed by atoms with Gasteiger partial charge in [-0.15, -0.1) is 11.3 Å². The number of fused-ring (bicyclic) bond motifs is 1. The van der Waals surface area contributed by atoms with Gasteiger partial charge in [0.2, 0.25) is 0 Å². The monoisotopic (exact) mass is 302 g/mol. The van der Waals surface area contributed by atoms with E-state index in [9.17, 15) is 5.11 Å². The fraction of sp³-hybridized carbons (Fsp3) is 0.333. The quantitative estimate of drug-likeness (QED) is 0.735. The zero-order valence-corrected chi connectivity index (χ0v) is 12.7. The number of nitrogens with one attached hydrogen (secondary N) is 1. The van der Waals surface area contributed by atoms with Crippen LogP contribution in [0, 0.1) is 0 Å². The highest BCUT2D eigenvalue weighted by atomic mass is 32.1. The molecule has 1 atom stereocenters. The molecular formula is C15H18N4OS. The highest BCUT2D eigenvalue weighted by Gasteiger charge is 2.11. The van der Waals surface area contributed by atoms with Crippen LogP contribution in [0.2, 0.25) is 0 Å². The molecule has 3 heterocycles. The minimum Gasteiger partial charge on any atom is -0.386 e. The lowest BCUT2D eigenvalue weighted by molar-refractivity contribution is 0.195. The van der Waals surface area contributed by atoms with Crippen molar-refractivity contribution in [3.8, 4) is 0 Å². The van der Waals surface area contributed by atoms with Gasteiger partial charge in [0.05, 0.1) is 6.20 Å². The van der Waals surface area contributed by atoms with Crippen LogP contribution in [0.15, 0.2) is 35.8 Å². The van der Waals surface area contributed by atoms with E-state index in [-0.39, 0.29) is 0 Å². The third kappa shape index (κ3) is 3.06. The van der Waals surface area contributed by atoms with Crippen LogP contribution in [0.4, 0.5) is 5.82 Å². The number of aromatic nitrogens is 3. The second kappa shape index (κ2) is 6.24. The van der Waals surface area contributed by atoms with E-state index < -0.39 is 6.10 Å². The fourth-order valence-electron chi connectivity index (χ4n) is 2.26. The average Bonchev–Trinajstić information content (AvgIpc) is 3.15. The molecule has 0 aliphatic carbocycles. The Morgan fingerprint density at radius 2 is 2.33 bits per heavy atom. The van der Waals surface area contributed by atoms with Crippen molar-refractivity contribution in [1.29, 1.82) is 0 Å². The Morgan fingerprint density at radius 3 is 3.10 bits per heavy atom. The maximum Gasteiger partial charge on any atom is 0.157 e. The summed E-state index contributed by atoms with van der Waals surface area (Å²) in [5, 5.41) is 19.7. The number of hydrogen-bond acceptors (Lipinski definition) is 5. The van der Waals surface area contributed by atoms with E-state index in [1.807, 2.05) is 29.6 Å². The van der Waals surface area contributed by atoms with Gasteiger partial charge in [0.1, 0.15) is 11.9 Å². The van der Waals surface area contributed by atoms with Crippen molar-refractivity contribution >= 4 is 22.8 Å². The van der Waals surface area contributed by atoms with Crippen LogP contribution in [0.25, 0.3) is 5.65 Å². The summed E-state index contributed by atoms with van der Waals surface area (Å²) in [6.45, 7) is 2.58. The van der Waals surface area contributed by atoms with Crippen LogP contribution >= 0.6 is 11.3 Å². The van der Waals surface area contributed by atoms with Gasteiger partial charge in [-0.2, -0.15) is 9.61 Å². The van der Waals surface area contributed by atoms with Crippen LogP contribution in [0.3, 0.4) is 0 Å². The zero-order valence-electron chi connectivity index (χ0n) is 11.9. The van der Waals surface area contributed by atoms with Gasteiger partial charge in [-0.05, 0) is 17.9 Å². The summed E-state index contributed by atoms with van der Waals surface area (Å²) in [5.41, 5.74) is 1.87. The molecule has 0 aromatic carbocycles. The van der Waals surface area contributed by atoms with Gasteiger partial charge < -0.3 is 10.4 Å². The van der Waals surface area contributed by atoms with Crippen molar-refractivity contribution in [3.05, 3.63) is 46.4 Å². The van der Waals surface area contributed by atoms with Gasteiger partial charge in [0.25, 0.3) is 0 Å². The number of aryl methyl sites for hydroxylation is 1. The summed E-state index contributed by atoms with van der Waals surface area (Å²) >= 11 is 1.56. The highest BCUT2D eigenvalue weighted by molar-refractivity contribution is 7.10. The summed E-state index contributed by atoms with van der Waals surface area (Å²) in [7, 11) is 0. The minimum absolute atomic E-state index is 0.449. The predicted molar refractivity (Wildman–Crippen MR) is 84.8 cm³/mol. The van der Waals surface area contributed by atoms with E-state index in [0.717, 1.165) is 34.9 Å². The molecule has 3 aromatic heterocycles. The molecule has 6 heteroatoms. The van der Waals surface area contributed by atoms with Crippen molar-refractivity contribution in [1.82, 2.24) is 14.6 Å². The Morgan fingerprint density at radius 1 is 1.43 bits per heavy atom. The van der Waals surface area contributed by atoms with E-state index in [2.05, 4.69) is 22.3 Å². The molecule has 0 unspecified atom stereocenters. The Bertz CT molecular complexity index is 708. The second-order valence-electron chi connectivity index (χ2n) is 4.90. The first-order valence-electron chi connectivity index (χ1n) is 7.07. The van der Waals surface area contributed by atoms with Crippen molar-refractivity contribution in [2.45, 2.75) is 25.9 Å². The maximum atomic E-state index is 10.2. The Hall–Kier alpha value is -1.92. The lowest BCUT2D eigenvalue weighted by atomic mass is 10.2. The van der Waals surface area contributed by atoms with E-state index >= 15 is 0 Å². The Balaban J connectivity index is 1.80. The van der Waals surface area contributed by atoms with Crippen molar-refractivity contribution in [3.63, 3.8) is 0 Å². The molecule has 0 radical (unpaired) electrons. The number of thiophene rings is 1. The molecule has 110 valence electrons. The van der Waals surface area contributed by atoms with Crippen LogP contribution in [-0.4, -0.2) is 26.2 Å². The molecule has 0 saturated carbocycles. The lowest BCUT2D eigenvalue weighted by Crippen LogP contribution is -2.14. The molecule has 21 heavy (non-hydrogen) atoms. The average molecular weight is 302 g/mol. The van der Waals surface area contributed by atoms with Gasteiger partial charge in [0.15, 0.2) is 5.65 Å². The molecule has 0 aliphatic rings. The lowest BCUT2D eigenvalue weighted by Gasteiger charge is -2.13. The summed E-state index contributed by atoms with van der Waals surface area (Å²) in [4.78, 5) is 5.52. The van der Waals surface area contributed by atoms with Gasteiger partial charge in [-0.1, -0.05) is 19.4 Å². The van der Waals surface area contributed by atoms with E-state index in [1.54, 1.807) is 22.0 Å². The molecule has 3 aromatic rings. The van der Waals surface area contributed by atoms with Crippen molar-refractivity contribution in [2.24, 2.45) is 0 Å². The fourth-order valence-corrected chi connectivity index (χ4v) is 2.97. The topological polar surface area (TPSA) is 62.5 Å². The summed E-state index contributed by atoms with van der Waals surface area (Å²) in [6, 6.07) is 7.78. The largest absolute Gasteiger partial charge is 0.386 e. The van der Waals surface area contributed by atoms with Crippen LogP contribution in [-0.2, 0) is 6.42 Å². The van der Waals surface area contributed by atoms with Crippen molar-refractivity contribution in [2.75, 3.05) is 11.9 Å². The summed E-state index contributed by atoms with van der Waals surface area (Å²) in [6.07, 6.45) is 3.20. The van der Waals surface area contributed by atoms with Gasteiger partial charge in [-0.25, -0.2) is 4.98 Å². The Labute approximate surface area is 127 Å². The van der Waals surface area contributed by atoms with E-state index in [0.29, 0.717) is 6.54 Å². The number of rotatable bonds is 6. The summed E-state index contributed by atoms with van der Waals surface area (Å²) < 4.78 is 1.76. The SMILES string of the molecule is CCCc1cc(NC[C@H](O)c2cccs2)n2nccc2n1. The third-order valence-corrected chi connectivity index (χ3v) is 4.24. The minimum atomic E-state index is -0.515. The molecular weight excluding hydrogens is 284 g/mol. The first-order chi connectivity index (χ1) is 10.3. The van der Waals surface area contributed by atoms with E-state index in [4.69, 9.17) is 0 Å². The highest BCUT2D eigenvalue weighted by Crippen LogP contribution is 2.20. The smallest absolute Gasteiger partial charge is 0.157 e. The molecule has 0 bridgehead atoms. The second-order valence-corrected chi connectivity index (χ2v) is 5.88. The maximum absolute atomic E-state index is 10.2. The van der Waals surface area contributed by atoms with Crippen molar-refractivity contribution < 1.29 is 5.11 Å². The van der Waals surface area contributed by atoms with E-state index in [1.165, 1.54) is 0 Å². The summed E-state index contributed by atoms with van der Waals surface area (Å²) in [5.74, 6) is 0.865. The number of aliphatic hydroxyl groups is 1. The zero-order chi connectivity index (χ0) is 14.7.